The summed E-state index contributed by atoms with van der Waals surface area (Å²) in [6, 6.07) is 10.1. The van der Waals surface area contributed by atoms with Gasteiger partial charge in [-0.3, -0.25) is 19.9 Å². The summed E-state index contributed by atoms with van der Waals surface area (Å²) in [5.74, 6) is 5.79. The molecule has 0 spiro atoms. The van der Waals surface area contributed by atoms with Crippen LogP contribution in [0.25, 0.3) is 10.9 Å². The Bertz CT molecular complexity index is 1380. The van der Waals surface area contributed by atoms with Crippen LogP contribution in [0.3, 0.4) is 0 Å². The maximum Gasteiger partial charge on any atom is 0.249 e. The molecule has 1 unspecified atom stereocenters. The molecule has 1 amide bonds. The maximum atomic E-state index is 15.7. The van der Waals surface area contributed by atoms with E-state index < -0.39 is 17.5 Å². The minimum Gasteiger partial charge on any atom is -0.497 e. The second kappa shape index (κ2) is 12.1. The van der Waals surface area contributed by atoms with Crippen LogP contribution in [0, 0.1) is 30.0 Å². The van der Waals surface area contributed by atoms with Crippen molar-refractivity contribution in [3.8, 4) is 17.6 Å². The SMILES string of the molecule is COc1ccc2ncc(Cl)c(C(F)CCC3(C(=O)NO)CCN(CC#Cc4ccc(C)c(F)c4)CC3)c2c1. The summed E-state index contributed by atoms with van der Waals surface area (Å²) in [5, 5.41) is 10.2. The van der Waals surface area contributed by atoms with Crippen molar-refractivity contribution >= 4 is 28.4 Å². The van der Waals surface area contributed by atoms with Gasteiger partial charge in [-0.2, -0.15) is 0 Å². The normalized spacial score (nSPS) is 15.9. The van der Waals surface area contributed by atoms with Crippen LogP contribution in [0.2, 0.25) is 5.02 Å². The number of piperidine rings is 1. The van der Waals surface area contributed by atoms with Gasteiger partial charge in [-0.1, -0.05) is 29.5 Å². The molecule has 1 aliphatic heterocycles. The minimum absolute atomic E-state index is 0.0439. The Morgan fingerprint density at radius 3 is 2.74 bits per heavy atom. The van der Waals surface area contributed by atoms with Crippen molar-refractivity contribution in [1.29, 1.82) is 0 Å². The first-order valence-electron chi connectivity index (χ1n) is 12.4. The molecule has 0 saturated carbocycles. The van der Waals surface area contributed by atoms with E-state index in [2.05, 4.69) is 21.7 Å². The highest BCUT2D eigenvalue weighted by Crippen LogP contribution is 2.42. The van der Waals surface area contributed by atoms with Crippen molar-refractivity contribution in [2.24, 2.45) is 5.41 Å². The molecule has 1 aliphatic rings. The predicted octanol–water partition coefficient (Wildman–Crippen LogP) is 5.77. The number of nitrogens with zero attached hydrogens (tertiary/aromatic N) is 2. The molecule has 0 aliphatic carbocycles. The largest absolute Gasteiger partial charge is 0.497 e. The molecule has 0 bridgehead atoms. The molecule has 9 heteroatoms. The molecular formula is C29H30ClF2N3O3. The van der Waals surface area contributed by atoms with Crippen molar-refractivity contribution in [1.82, 2.24) is 15.4 Å². The highest BCUT2D eigenvalue weighted by molar-refractivity contribution is 6.32. The lowest BCUT2D eigenvalue weighted by Crippen LogP contribution is -2.48. The topological polar surface area (TPSA) is 74.7 Å². The van der Waals surface area contributed by atoms with Crippen molar-refractivity contribution in [3.63, 3.8) is 0 Å². The summed E-state index contributed by atoms with van der Waals surface area (Å²) < 4.78 is 34.7. The van der Waals surface area contributed by atoms with Crippen LogP contribution in [-0.2, 0) is 4.79 Å². The number of methoxy groups -OCH3 is 1. The second-order valence-electron chi connectivity index (χ2n) is 9.67. The number of pyridine rings is 1. The quantitative estimate of drug-likeness (QED) is 0.225. The first-order chi connectivity index (χ1) is 18.3. The Labute approximate surface area is 225 Å². The van der Waals surface area contributed by atoms with E-state index in [0.29, 0.717) is 65.8 Å². The Hall–Kier alpha value is -3.25. The molecule has 3 aromatic rings. The summed E-state index contributed by atoms with van der Waals surface area (Å²) in [6.45, 7) is 3.26. The van der Waals surface area contributed by atoms with E-state index in [4.69, 9.17) is 16.3 Å². The summed E-state index contributed by atoms with van der Waals surface area (Å²) in [6.07, 6.45) is 1.13. The van der Waals surface area contributed by atoms with Gasteiger partial charge in [-0.15, -0.1) is 0 Å². The fourth-order valence-corrected chi connectivity index (χ4v) is 5.20. The van der Waals surface area contributed by atoms with Gasteiger partial charge in [-0.25, -0.2) is 14.3 Å². The molecule has 2 heterocycles. The van der Waals surface area contributed by atoms with E-state index in [0.717, 1.165) is 0 Å². The van der Waals surface area contributed by atoms with E-state index >= 15 is 4.39 Å². The molecule has 1 saturated heterocycles. The zero-order valence-electron chi connectivity index (χ0n) is 21.4. The zero-order valence-corrected chi connectivity index (χ0v) is 22.1. The Kier molecular flexibility index (Phi) is 8.83. The molecule has 200 valence electrons. The molecule has 1 atom stereocenters. The van der Waals surface area contributed by atoms with Crippen LogP contribution in [0.1, 0.15) is 48.5 Å². The van der Waals surface area contributed by atoms with Crippen LogP contribution in [-0.4, -0.2) is 47.7 Å². The third-order valence-electron chi connectivity index (χ3n) is 7.36. The van der Waals surface area contributed by atoms with E-state index in [-0.39, 0.29) is 23.7 Å². The van der Waals surface area contributed by atoms with Gasteiger partial charge < -0.3 is 4.74 Å². The number of likely N-dealkylation sites (tertiary alicyclic amines) is 1. The molecule has 0 radical (unpaired) electrons. The standard InChI is InChI=1S/C29H30ClF2N3O3/c1-19-5-6-20(16-25(19)32)4-3-13-35-14-11-29(12-15-35,28(36)34-37)10-9-24(31)27-22-17-21(38-2)7-8-26(22)33-18-23(27)30/h5-8,16-18,24,37H,9-15H2,1-2H3,(H,34,36). The van der Waals surface area contributed by atoms with Gasteiger partial charge >= 0.3 is 0 Å². The van der Waals surface area contributed by atoms with Gasteiger partial charge in [0.15, 0.2) is 0 Å². The van der Waals surface area contributed by atoms with Crippen LogP contribution in [0.15, 0.2) is 42.6 Å². The number of amides is 1. The van der Waals surface area contributed by atoms with Gasteiger partial charge in [0.1, 0.15) is 17.7 Å². The van der Waals surface area contributed by atoms with E-state index in [1.54, 1.807) is 42.7 Å². The minimum atomic E-state index is -1.44. The van der Waals surface area contributed by atoms with E-state index in [1.165, 1.54) is 19.4 Å². The number of aromatic nitrogens is 1. The molecule has 6 nitrogen and oxygen atoms in total. The number of fused-ring (bicyclic) bond motifs is 1. The lowest BCUT2D eigenvalue weighted by Gasteiger charge is -2.40. The van der Waals surface area contributed by atoms with Crippen molar-refractivity contribution in [2.45, 2.75) is 38.8 Å². The third-order valence-corrected chi connectivity index (χ3v) is 7.66. The Morgan fingerprint density at radius 2 is 2.05 bits per heavy atom. The Morgan fingerprint density at radius 1 is 1.29 bits per heavy atom. The molecule has 38 heavy (non-hydrogen) atoms. The lowest BCUT2D eigenvalue weighted by molar-refractivity contribution is -0.143. The molecule has 2 aromatic carbocycles. The number of hydrogen-bond donors (Lipinski definition) is 2. The average molecular weight is 542 g/mol. The molecule has 4 rings (SSSR count). The number of carbonyl (C=O) groups excluding carboxylic acids is 1. The molecular weight excluding hydrogens is 512 g/mol. The number of rotatable bonds is 7. The summed E-state index contributed by atoms with van der Waals surface area (Å²) in [4.78, 5) is 19.1. The predicted molar refractivity (Wildman–Crippen MR) is 142 cm³/mol. The van der Waals surface area contributed by atoms with E-state index in [1.807, 2.05) is 0 Å². The monoisotopic (exact) mass is 541 g/mol. The average Bonchev–Trinajstić information content (AvgIpc) is 2.93. The summed E-state index contributed by atoms with van der Waals surface area (Å²) in [7, 11) is 1.53. The van der Waals surface area contributed by atoms with Crippen LogP contribution < -0.4 is 10.2 Å². The number of carbonyl (C=O) groups is 1. The van der Waals surface area contributed by atoms with Gasteiger partial charge in [0.25, 0.3) is 0 Å². The van der Waals surface area contributed by atoms with E-state index in [9.17, 15) is 14.4 Å². The number of hydrogen-bond acceptors (Lipinski definition) is 5. The zero-order chi connectivity index (χ0) is 27.3. The summed E-state index contributed by atoms with van der Waals surface area (Å²) in [5.41, 5.74) is 2.95. The number of alkyl halides is 1. The van der Waals surface area contributed by atoms with Crippen LogP contribution in [0.4, 0.5) is 8.78 Å². The number of hydroxylamine groups is 1. The number of aryl methyl sites for hydroxylation is 1. The Balaban J connectivity index is 1.43. The number of benzene rings is 2. The first-order valence-corrected chi connectivity index (χ1v) is 12.8. The fraction of sp³-hybridized carbons (Fsp3) is 0.379. The van der Waals surface area contributed by atoms with Gasteiger partial charge in [0.05, 0.1) is 29.6 Å². The van der Waals surface area contributed by atoms with Crippen molar-refractivity contribution in [2.75, 3.05) is 26.7 Å². The number of nitrogens with one attached hydrogen (secondary N) is 1. The third kappa shape index (κ3) is 6.07. The second-order valence-corrected chi connectivity index (χ2v) is 10.1. The van der Waals surface area contributed by atoms with Crippen molar-refractivity contribution in [3.05, 3.63) is 70.1 Å². The lowest BCUT2D eigenvalue weighted by atomic mass is 9.73. The maximum absolute atomic E-state index is 15.7. The van der Waals surface area contributed by atoms with Crippen molar-refractivity contribution < 1.29 is 23.5 Å². The molecule has 2 N–H and O–H groups in total. The van der Waals surface area contributed by atoms with Gasteiger partial charge in [-0.05, 0) is 68.5 Å². The molecule has 1 fully saturated rings. The molecule has 1 aromatic heterocycles. The number of halogens is 3. The highest BCUT2D eigenvalue weighted by atomic mass is 35.5. The van der Waals surface area contributed by atoms with Crippen LogP contribution >= 0.6 is 11.6 Å². The first kappa shape index (κ1) is 27.8. The van der Waals surface area contributed by atoms with Gasteiger partial charge in [0, 0.05) is 35.8 Å². The fourth-order valence-electron chi connectivity index (χ4n) is 4.93. The smallest absolute Gasteiger partial charge is 0.249 e. The highest BCUT2D eigenvalue weighted by Gasteiger charge is 2.41. The number of ether oxygens (including phenoxy) is 1. The van der Waals surface area contributed by atoms with Crippen LogP contribution in [0.5, 0.6) is 5.75 Å². The van der Waals surface area contributed by atoms with Gasteiger partial charge in [0.2, 0.25) is 5.91 Å². The summed E-state index contributed by atoms with van der Waals surface area (Å²) >= 11 is 6.36.